The topological polar surface area (TPSA) is 287 Å². The Kier molecular flexibility index (Phi) is 8.56. The van der Waals surface area contributed by atoms with Crippen LogP contribution in [0.5, 0.6) is 11.5 Å². The van der Waals surface area contributed by atoms with E-state index in [9.17, 15) is 49.2 Å². The van der Waals surface area contributed by atoms with Crippen LogP contribution >= 0.6 is 23.1 Å². The Hall–Kier alpha value is -5.63. The van der Waals surface area contributed by atoms with Gasteiger partial charge >= 0.3 is 11.9 Å². The van der Waals surface area contributed by atoms with Crippen molar-refractivity contribution in [3.8, 4) is 11.5 Å². The third kappa shape index (κ3) is 6.14. The van der Waals surface area contributed by atoms with E-state index in [0.717, 1.165) is 46.3 Å². The first-order valence-corrected chi connectivity index (χ1v) is 15.3. The fourth-order valence-electron chi connectivity index (χ4n) is 4.52. The van der Waals surface area contributed by atoms with E-state index < -0.39 is 75.0 Å². The third-order valence-electron chi connectivity index (χ3n) is 7.08. The number of oxime groups is 1. The Labute approximate surface area is 270 Å². The number of carboxylic acid groups (broad SMARTS) is 2. The number of amides is 3. The maximum atomic E-state index is 13.2. The summed E-state index contributed by atoms with van der Waals surface area (Å²) in [7, 11) is 0. The van der Waals surface area contributed by atoms with Gasteiger partial charge in [-0.25, -0.2) is 14.6 Å². The molecule has 1 unspecified atom stereocenters. The van der Waals surface area contributed by atoms with Crippen LogP contribution < -0.4 is 21.8 Å². The van der Waals surface area contributed by atoms with E-state index in [2.05, 4.69) is 25.8 Å². The number of rotatable bonds is 10. The minimum Gasteiger partial charge on any atom is -0.504 e. The molecule has 0 aliphatic carbocycles. The molecule has 2 aromatic heterocycles. The second-order valence-corrected chi connectivity index (χ2v) is 12.6. The van der Waals surface area contributed by atoms with Crippen molar-refractivity contribution in [2.75, 3.05) is 18.0 Å². The molecule has 246 valence electrons. The van der Waals surface area contributed by atoms with Gasteiger partial charge in [0, 0.05) is 29.9 Å². The first-order chi connectivity index (χ1) is 22.1. The number of carbonyl (C=O) groups excluding carboxylic acids is 3. The number of aromatic hydroxyl groups is 2. The molecule has 0 spiro atoms. The number of thioether (sulfide) groups is 1. The number of phenolic OH excluding ortho intramolecular Hbond substituents is 2. The van der Waals surface area contributed by atoms with Gasteiger partial charge in [-0.1, -0.05) is 5.16 Å². The normalized spacial score (nSPS) is 18.0. The quantitative estimate of drug-likeness (QED) is 0.0590. The first kappa shape index (κ1) is 32.8. The molecular formula is C27H25N7O11S2. The number of fused-ring (bicyclic) bond motifs is 2. The second-order valence-electron chi connectivity index (χ2n) is 10.6. The number of H-pyrrole nitrogens is 1. The van der Waals surface area contributed by atoms with Crippen molar-refractivity contribution in [1.82, 2.24) is 25.5 Å². The number of nitrogens with zero attached hydrogens (tertiary/aromatic N) is 3. The van der Waals surface area contributed by atoms with E-state index in [1.165, 1.54) is 19.2 Å². The molecule has 47 heavy (non-hydrogen) atoms. The molecule has 0 bridgehead atoms. The Morgan fingerprint density at radius 1 is 1.19 bits per heavy atom. The molecule has 3 aromatic rings. The van der Waals surface area contributed by atoms with Crippen LogP contribution in [0.2, 0.25) is 0 Å². The zero-order valence-corrected chi connectivity index (χ0v) is 25.9. The molecule has 3 amide bonds. The second kappa shape index (κ2) is 12.3. The first-order valence-electron chi connectivity index (χ1n) is 13.4. The Morgan fingerprint density at radius 2 is 1.89 bits per heavy atom. The predicted molar refractivity (Wildman–Crippen MR) is 166 cm³/mol. The van der Waals surface area contributed by atoms with Crippen LogP contribution in [-0.4, -0.2) is 100.0 Å². The molecule has 2 atom stereocenters. The minimum atomic E-state index is -1.82. The number of anilines is 1. The Bertz CT molecular complexity index is 1980. The van der Waals surface area contributed by atoms with Gasteiger partial charge in [-0.2, -0.15) is 0 Å². The van der Waals surface area contributed by atoms with Gasteiger partial charge in [0.25, 0.3) is 17.7 Å². The van der Waals surface area contributed by atoms with E-state index in [1.807, 2.05) is 0 Å². The molecule has 0 radical (unpaired) electrons. The van der Waals surface area contributed by atoms with Gasteiger partial charge in [-0.15, -0.1) is 23.1 Å². The van der Waals surface area contributed by atoms with Gasteiger partial charge in [0.2, 0.25) is 11.0 Å². The fraction of sp³-hybridized carbons (Fsp3) is 0.259. The maximum absolute atomic E-state index is 13.2. The fourth-order valence-corrected chi connectivity index (χ4v) is 6.42. The van der Waals surface area contributed by atoms with E-state index in [0.29, 0.717) is 0 Å². The number of phenols is 2. The number of nitrogens with one attached hydrogen (secondary N) is 3. The van der Waals surface area contributed by atoms with E-state index in [1.54, 1.807) is 0 Å². The van der Waals surface area contributed by atoms with E-state index in [4.69, 9.17) is 10.6 Å². The molecule has 1 aromatic carbocycles. The van der Waals surface area contributed by atoms with Gasteiger partial charge < -0.3 is 46.6 Å². The Morgan fingerprint density at radius 3 is 2.53 bits per heavy atom. The van der Waals surface area contributed by atoms with Crippen LogP contribution in [0.3, 0.4) is 0 Å². The average molecular weight is 688 g/mol. The largest absolute Gasteiger partial charge is 0.504 e. The monoisotopic (exact) mass is 687 g/mol. The molecule has 2 aliphatic rings. The lowest BCUT2D eigenvalue weighted by molar-refractivity contribution is -0.161. The smallest absolute Gasteiger partial charge is 0.352 e. The highest BCUT2D eigenvalue weighted by Gasteiger charge is 2.54. The number of thiazole rings is 1. The van der Waals surface area contributed by atoms with Crippen molar-refractivity contribution in [2.45, 2.75) is 30.9 Å². The average Bonchev–Trinajstić information content (AvgIpc) is 3.44. The summed E-state index contributed by atoms with van der Waals surface area (Å²) in [6, 6.07) is 0.904. The van der Waals surface area contributed by atoms with Gasteiger partial charge in [-0.05, 0) is 25.5 Å². The lowest BCUT2D eigenvalue weighted by atomic mass is 10.0. The molecular weight excluding hydrogens is 662 g/mol. The number of carboxylic acids is 2. The summed E-state index contributed by atoms with van der Waals surface area (Å²) in [5.41, 5.74) is 2.13. The number of aromatic nitrogens is 2. The van der Waals surface area contributed by atoms with Crippen molar-refractivity contribution in [3.63, 3.8) is 0 Å². The molecule has 18 nitrogen and oxygen atoms in total. The van der Waals surface area contributed by atoms with Crippen LogP contribution in [-0.2, 0) is 24.0 Å². The van der Waals surface area contributed by atoms with Crippen molar-refractivity contribution in [3.05, 3.63) is 56.5 Å². The number of nitrogens with two attached hydrogens (primary N) is 1. The number of carbonyl (C=O) groups is 5. The van der Waals surface area contributed by atoms with Crippen molar-refractivity contribution >= 4 is 74.5 Å². The molecule has 1 saturated heterocycles. The van der Waals surface area contributed by atoms with Crippen molar-refractivity contribution < 1.29 is 49.2 Å². The molecule has 2 aliphatic heterocycles. The number of hydrogen-bond acceptors (Lipinski definition) is 14. The molecule has 5 rings (SSSR count). The molecule has 4 heterocycles. The highest BCUT2D eigenvalue weighted by Crippen LogP contribution is 2.40. The standard InChI is InChI=1S/C27H25N7O11S2/c1-27(2,25(43)44)45-33-16(13-8-47-26(28)31-13)21(39)32-17-22(40)34-18(24(41)42)9(7-46-23(17)34)5-30-20(38)11-6-29-12-4-15(36)14(35)3-10(12)19(11)37/h3-4,6,8,17,23,35-36H,5,7H2,1-2H3,(H2,28,31)(H,29,37)(H,30,38)(H,32,39)(H,41,42)(H,43,44)/b33-16-/t17?,23-/m1/s1. The number of aliphatic carboxylic acids is 2. The predicted octanol–water partition coefficient (Wildman–Crippen LogP) is -0.269. The van der Waals surface area contributed by atoms with Crippen molar-refractivity contribution in [1.29, 1.82) is 0 Å². The van der Waals surface area contributed by atoms with Crippen LogP contribution in [0.1, 0.15) is 29.9 Å². The van der Waals surface area contributed by atoms with E-state index in [-0.39, 0.29) is 45.2 Å². The summed E-state index contributed by atoms with van der Waals surface area (Å²) in [6.07, 6.45) is 1.10. The minimum absolute atomic E-state index is 0.0173. The van der Waals surface area contributed by atoms with E-state index >= 15 is 0 Å². The van der Waals surface area contributed by atoms with Gasteiger partial charge in [0.05, 0.1) is 10.9 Å². The summed E-state index contributed by atoms with van der Waals surface area (Å²) >= 11 is 2.07. The summed E-state index contributed by atoms with van der Waals surface area (Å²) in [6.45, 7) is 2.05. The highest BCUT2D eigenvalue weighted by atomic mass is 32.2. The van der Waals surface area contributed by atoms with Gasteiger partial charge in [-0.3, -0.25) is 24.1 Å². The summed E-state index contributed by atoms with van der Waals surface area (Å²) in [4.78, 5) is 88.6. The highest BCUT2D eigenvalue weighted by molar-refractivity contribution is 8.00. The summed E-state index contributed by atoms with van der Waals surface area (Å²) in [5, 5.41) is 47.9. The van der Waals surface area contributed by atoms with Gasteiger partial charge in [0.1, 0.15) is 28.4 Å². The SMILES string of the molecule is CC(C)(O/N=C(\C(=O)NC1C(=O)N2C(C(=O)O)=C(CNC(=O)c3c[nH]c4cc(O)c(O)cc4c3=O)CS[C@H]12)c1csc(N)n1)C(=O)O. The zero-order valence-electron chi connectivity index (χ0n) is 24.3. The van der Waals surface area contributed by atoms with Crippen LogP contribution in [0, 0.1) is 0 Å². The summed E-state index contributed by atoms with van der Waals surface area (Å²) < 4.78 is 0. The maximum Gasteiger partial charge on any atom is 0.352 e. The Balaban J connectivity index is 1.32. The van der Waals surface area contributed by atoms with Gasteiger partial charge in [0.15, 0.2) is 22.3 Å². The number of hydrogen-bond donors (Lipinski definition) is 8. The number of aromatic amines is 1. The third-order valence-corrected chi connectivity index (χ3v) is 9.09. The number of pyridine rings is 1. The van der Waals surface area contributed by atoms with Crippen LogP contribution in [0.4, 0.5) is 5.13 Å². The molecule has 9 N–H and O–H groups in total. The molecule has 1 fully saturated rings. The number of β-lactam (4-membered cyclic amide) rings is 1. The lowest BCUT2D eigenvalue weighted by Gasteiger charge is -2.49. The zero-order chi connectivity index (χ0) is 34.4. The molecule has 0 saturated carbocycles. The number of nitrogen functional groups attached to an aromatic ring is 1. The summed E-state index contributed by atoms with van der Waals surface area (Å²) in [5.74, 6) is -6.47. The lowest BCUT2D eigenvalue weighted by Crippen LogP contribution is -2.71. The number of benzene rings is 1. The molecule has 20 heteroatoms. The van der Waals surface area contributed by atoms with Crippen LogP contribution in [0.15, 0.2) is 44.9 Å². The van der Waals surface area contributed by atoms with Crippen molar-refractivity contribution in [2.24, 2.45) is 5.16 Å². The van der Waals surface area contributed by atoms with Crippen LogP contribution in [0.25, 0.3) is 10.9 Å².